The quantitative estimate of drug-likeness (QED) is 0.785. The van der Waals surface area contributed by atoms with Crippen LogP contribution in [0.5, 0.6) is 0 Å². The van der Waals surface area contributed by atoms with Crippen LogP contribution in [0.15, 0.2) is 5.16 Å². The van der Waals surface area contributed by atoms with E-state index in [4.69, 9.17) is 5.11 Å². The van der Waals surface area contributed by atoms with Crippen molar-refractivity contribution in [3.8, 4) is 0 Å². The van der Waals surface area contributed by atoms with E-state index >= 15 is 0 Å². The highest BCUT2D eigenvalue weighted by Gasteiger charge is 2.26. The molecule has 0 radical (unpaired) electrons. The Labute approximate surface area is 91.8 Å². The van der Waals surface area contributed by atoms with E-state index in [-0.39, 0.29) is 10.9 Å². The van der Waals surface area contributed by atoms with E-state index in [9.17, 15) is 18.0 Å². The maximum absolute atomic E-state index is 11.8. The fourth-order valence-corrected chi connectivity index (χ4v) is 1.65. The Morgan fingerprint density at radius 2 is 2.19 bits per heavy atom. The van der Waals surface area contributed by atoms with Gasteiger partial charge in [0, 0.05) is 5.75 Å². The lowest BCUT2D eigenvalue weighted by Crippen LogP contribution is -2.12. The number of halogens is 3. The van der Waals surface area contributed by atoms with E-state index in [0.29, 0.717) is 0 Å². The van der Waals surface area contributed by atoms with Crippen molar-refractivity contribution in [1.82, 2.24) is 20.2 Å². The van der Waals surface area contributed by atoms with E-state index in [0.717, 1.165) is 16.4 Å². The number of nitrogens with zero attached hydrogens (tertiary/aromatic N) is 4. The standard InChI is InChI=1S/C6H7F3N4O2S/c7-6(8,9)1-2-16-5-10-11-12-13(5)3-4(14)15/h1-3H2,(H,14,15). The first-order valence-corrected chi connectivity index (χ1v) is 5.04. The first-order valence-electron chi connectivity index (χ1n) is 4.06. The summed E-state index contributed by atoms with van der Waals surface area (Å²) in [5, 5.41) is 18.5. The molecule has 0 fully saturated rings. The third kappa shape index (κ3) is 4.47. The summed E-state index contributed by atoms with van der Waals surface area (Å²) in [6, 6.07) is 0. The number of hydrogen-bond acceptors (Lipinski definition) is 5. The fraction of sp³-hybridized carbons (Fsp3) is 0.667. The van der Waals surface area contributed by atoms with Crippen molar-refractivity contribution in [1.29, 1.82) is 0 Å². The second-order valence-electron chi connectivity index (χ2n) is 2.73. The average molecular weight is 256 g/mol. The zero-order valence-electron chi connectivity index (χ0n) is 7.81. The van der Waals surface area contributed by atoms with Crippen molar-refractivity contribution in [2.45, 2.75) is 24.3 Å². The topological polar surface area (TPSA) is 80.9 Å². The van der Waals surface area contributed by atoms with Gasteiger partial charge in [-0.2, -0.15) is 13.2 Å². The molecule has 90 valence electrons. The number of tetrazole rings is 1. The maximum atomic E-state index is 11.8. The van der Waals surface area contributed by atoms with Gasteiger partial charge >= 0.3 is 12.1 Å². The molecule has 16 heavy (non-hydrogen) atoms. The summed E-state index contributed by atoms with van der Waals surface area (Å²) in [6.45, 7) is -0.471. The third-order valence-electron chi connectivity index (χ3n) is 1.40. The van der Waals surface area contributed by atoms with E-state index in [1.165, 1.54) is 0 Å². The van der Waals surface area contributed by atoms with Crippen molar-refractivity contribution in [3.63, 3.8) is 0 Å². The highest BCUT2D eigenvalue weighted by molar-refractivity contribution is 7.99. The van der Waals surface area contributed by atoms with Crippen LogP contribution >= 0.6 is 11.8 Å². The number of aromatic nitrogens is 4. The van der Waals surface area contributed by atoms with Gasteiger partial charge in [0.2, 0.25) is 5.16 Å². The Balaban J connectivity index is 2.48. The summed E-state index contributed by atoms with van der Waals surface area (Å²) in [5.74, 6) is -1.41. The van der Waals surface area contributed by atoms with Crippen LogP contribution in [0.3, 0.4) is 0 Å². The number of carbonyl (C=O) groups is 1. The van der Waals surface area contributed by atoms with E-state index in [1.54, 1.807) is 0 Å². The Morgan fingerprint density at radius 3 is 2.75 bits per heavy atom. The maximum Gasteiger partial charge on any atom is 0.389 e. The highest BCUT2D eigenvalue weighted by Crippen LogP contribution is 2.24. The Bertz CT molecular complexity index is 367. The SMILES string of the molecule is O=C(O)Cn1nnnc1SCCC(F)(F)F. The minimum atomic E-state index is -4.24. The minimum absolute atomic E-state index is 0.0617. The largest absolute Gasteiger partial charge is 0.480 e. The molecule has 0 amide bonds. The summed E-state index contributed by atoms with van der Waals surface area (Å²) < 4.78 is 36.4. The first kappa shape index (κ1) is 12.7. The number of carboxylic acid groups (broad SMARTS) is 1. The summed E-state index contributed by atoms with van der Waals surface area (Å²) in [5.41, 5.74) is 0. The highest BCUT2D eigenvalue weighted by atomic mass is 32.2. The number of aliphatic carboxylic acids is 1. The van der Waals surface area contributed by atoms with Crippen LogP contribution in [0.1, 0.15) is 6.42 Å². The van der Waals surface area contributed by atoms with Crippen LogP contribution in [0.4, 0.5) is 13.2 Å². The van der Waals surface area contributed by atoms with Crippen LogP contribution in [-0.4, -0.2) is 43.2 Å². The summed E-state index contributed by atoms with van der Waals surface area (Å²) in [7, 11) is 0. The molecule has 0 bridgehead atoms. The van der Waals surface area contributed by atoms with E-state index < -0.39 is 25.1 Å². The lowest BCUT2D eigenvalue weighted by molar-refractivity contribution is -0.138. The molecule has 0 saturated carbocycles. The molecule has 0 aliphatic rings. The van der Waals surface area contributed by atoms with Gasteiger partial charge in [0.1, 0.15) is 6.54 Å². The van der Waals surface area contributed by atoms with Crippen LogP contribution in [-0.2, 0) is 11.3 Å². The van der Waals surface area contributed by atoms with Crippen LogP contribution < -0.4 is 0 Å². The molecule has 0 unspecified atom stereocenters. The molecule has 0 spiro atoms. The zero-order valence-corrected chi connectivity index (χ0v) is 8.62. The average Bonchev–Trinajstić information content (AvgIpc) is 2.49. The summed E-state index contributed by atoms with van der Waals surface area (Å²) in [6.07, 6.45) is -5.21. The van der Waals surface area contributed by atoms with Gasteiger partial charge in [-0.05, 0) is 10.4 Å². The Morgan fingerprint density at radius 1 is 1.50 bits per heavy atom. The molecule has 1 N–H and O–H groups in total. The molecule has 1 aromatic rings. The minimum Gasteiger partial charge on any atom is -0.480 e. The fourth-order valence-electron chi connectivity index (χ4n) is 0.785. The first-order chi connectivity index (χ1) is 7.38. The number of alkyl halides is 3. The van der Waals surface area contributed by atoms with Gasteiger partial charge in [0.15, 0.2) is 0 Å². The van der Waals surface area contributed by atoms with Gasteiger partial charge in [-0.3, -0.25) is 4.79 Å². The molecular formula is C6H7F3N4O2S. The van der Waals surface area contributed by atoms with Crippen LogP contribution in [0.2, 0.25) is 0 Å². The number of carboxylic acids is 1. The summed E-state index contributed by atoms with van der Waals surface area (Å²) >= 11 is 0.766. The molecular weight excluding hydrogens is 249 g/mol. The molecule has 0 aliphatic carbocycles. The van der Waals surface area contributed by atoms with E-state index in [1.807, 2.05) is 0 Å². The normalized spacial score (nSPS) is 11.7. The van der Waals surface area contributed by atoms with Crippen molar-refractivity contribution >= 4 is 17.7 Å². The third-order valence-corrected chi connectivity index (χ3v) is 2.36. The smallest absolute Gasteiger partial charge is 0.389 e. The molecule has 0 aliphatic heterocycles. The molecule has 0 saturated heterocycles. The van der Waals surface area contributed by atoms with Crippen molar-refractivity contribution in [2.24, 2.45) is 0 Å². The number of hydrogen-bond donors (Lipinski definition) is 1. The monoisotopic (exact) mass is 256 g/mol. The van der Waals surface area contributed by atoms with Gasteiger partial charge in [0.25, 0.3) is 0 Å². The van der Waals surface area contributed by atoms with Gasteiger partial charge in [0.05, 0.1) is 6.42 Å². The molecule has 6 nitrogen and oxygen atoms in total. The predicted octanol–water partition coefficient (Wildman–Crippen LogP) is 0.802. The lowest BCUT2D eigenvalue weighted by atomic mass is 10.5. The second kappa shape index (κ2) is 5.14. The molecule has 1 aromatic heterocycles. The van der Waals surface area contributed by atoms with Gasteiger partial charge in [-0.1, -0.05) is 11.8 Å². The zero-order chi connectivity index (χ0) is 12.2. The van der Waals surface area contributed by atoms with Crippen molar-refractivity contribution in [3.05, 3.63) is 0 Å². The molecule has 1 rings (SSSR count). The molecule has 1 heterocycles. The Hall–Kier alpha value is -1.32. The number of rotatable bonds is 5. The predicted molar refractivity (Wildman–Crippen MR) is 46.8 cm³/mol. The van der Waals surface area contributed by atoms with E-state index in [2.05, 4.69) is 15.5 Å². The van der Waals surface area contributed by atoms with Gasteiger partial charge in [-0.25, -0.2) is 4.68 Å². The van der Waals surface area contributed by atoms with Gasteiger partial charge in [-0.15, -0.1) is 5.10 Å². The van der Waals surface area contributed by atoms with Gasteiger partial charge < -0.3 is 5.11 Å². The molecule has 0 aromatic carbocycles. The number of thioether (sulfide) groups is 1. The van der Waals surface area contributed by atoms with Crippen molar-refractivity contribution in [2.75, 3.05) is 5.75 Å². The van der Waals surface area contributed by atoms with Crippen LogP contribution in [0, 0.1) is 0 Å². The summed E-state index contributed by atoms with van der Waals surface area (Å²) in [4.78, 5) is 10.3. The van der Waals surface area contributed by atoms with Crippen molar-refractivity contribution < 1.29 is 23.1 Å². The molecule has 10 heteroatoms. The molecule has 0 atom stereocenters. The Kier molecular flexibility index (Phi) is 4.10. The lowest BCUT2D eigenvalue weighted by Gasteiger charge is -2.04. The van der Waals surface area contributed by atoms with Crippen LogP contribution in [0.25, 0.3) is 0 Å². The second-order valence-corrected chi connectivity index (χ2v) is 3.79.